The second-order valence-electron chi connectivity index (χ2n) is 10.7. The number of hydrogen-bond donors (Lipinski definition) is 0. The molecule has 4 rings (SSSR count). The van der Waals surface area contributed by atoms with Crippen molar-refractivity contribution >= 4 is 17.9 Å². The van der Waals surface area contributed by atoms with Gasteiger partial charge in [-0.05, 0) is 81.7 Å². The lowest BCUT2D eigenvalue weighted by atomic mass is 9.82. The molecule has 35 heavy (non-hydrogen) atoms. The number of halogens is 2. The maximum Gasteiger partial charge on any atom is 0.187 e. The monoisotopic (exact) mass is 477 g/mol. The van der Waals surface area contributed by atoms with E-state index in [9.17, 15) is 18.8 Å². The van der Waals surface area contributed by atoms with E-state index in [2.05, 4.69) is 4.90 Å². The number of benzene rings is 2. The SMILES string of the molecule is CC1(C)C=C(CN2C/C(=C\c3ccc(F)cc3)C(=O)/C(=C/c3ccc(F)cc3)C2)CC(C)(C)N1[O]. The number of ketones is 1. The number of carbonyl (C=O) groups is 1. The fourth-order valence-corrected chi connectivity index (χ4v) is 5.15. The van der Waals surface area contributed by atoms with Gasteiger partial charge in [0.05, 0.1) is 5.54 Å². The van der Waals surface area contributed by atoms with Crippen LogP contribution in [0.25, 0.3) is 12.2 Å². The zero-order valence-electron chi connectivity index (χ0n) is 20.6. The molecule has 2 heterocycles. The molecule has 6 heteroatoms. The van der Waals surface area contributed by atoms with E-state index < -0.39 is 11.1 Å². The van der Waals surface area contributed by atoms with Crippen LogP contribution in [0.3, 0.4) is 0 Å². The second-order valence-corrected chi connectivity index (χ2v) is 10.7. The van der Waals surface area contributed by atoms with Gasteiger partial charge in [0, 0.05) is 36.3 Å². The van der Waals surface area contributed by atoms with Crippen molar-refractivity contribution in [2.75, 3.05) is 19.6 Å². The van der Waals surface area contributed by atoms with Crippen LogP contribution >= 0.6 is 0 Å². The first kappa shape index (κ1) is 25.2. The highest BCUT2D eigenvalue weighted by Crippen LogP contribution is 2.36. The summed E-state index contributed by atoms with van der Waals surface area (Å²) >= 11 is 0. The molecule has 0 atom stereocenters. The topological polar surface area (TPSA) is 43.5 Å². The normalized spacial score (nSPS) is 23.1. The van der Waals surface area contributed by atoms with Gasteiger partial charge in [-0.15, -0.1) is 10.3 Å². The summed E-state index contributed by atoms with van der Waals surface area (Å²) in [6.07, 6.45) is 6.27. The van der Waals surface area contributed by atoms with Crippen LogP contribution in [-0.4, -0.2) is 46.5 Å². The van der Waals surface area contributed by atoms with Crippen LogP contribution in [0.1, 0.15) is 45.2 Å². The summed E-state index contributed by atoms with van der Waals surface area (Å²) in [5, 5.41) is 13.9. The zero-order valence-corrected chi connectivity index (χ0v) is 20.6. The Morgan fingerprint density at radius 3 is 1.71 bits per heavy atom. The standard InChI is InChI=1S/C29H31F2N2O2/c1-28(2)15-22(16-29(3,4)33(28)35)17-32-18-23(13-20-5-9-25(30)10-6-20)27(34)24(19-32)14-21-7-11-26(31)12-8-21/h5-15H,16-19H2,1-4H3/b23-13+,24-14+. The van der Waals surface area contributed by atoms with Gasteiger partial charge in [0.15, 0.2) is 5.78 Å². The summed E-state index contributed by atoms with van der Waals surface area (Å²) in [6, 6.07) is 12.1. The molecule has 1 radical (unpaired) electrons. The van der Waals surface area contributed by atoms with Crippen LogP contribution in [0, 0.1) is 11.6 Å². The molecule has 0 amide bonds. The third-order valence-corrected chi connectivity index (χ3v) is 6.51. The highest BCUT2D eigenvalue weighted by Gasteiger charge is 2.42. The Kier molecular flexibility index (Phi) is 6.91. The van der Waals surface area contributed by atoms with Gasteiger partial charge in [-0.2, -0.15) is 0 Å². The van der Waals surface area contributed by atoms with Gasteiger partial charge < -0.3 is 0 Å². The zero-order chi connectivity index (χ0) is 25.4. The Morgan fingerprint density at radius 2 is 1.29 bits per heavy atom. The fraction of sp³-hybridized carbons (Fsp3) is 0.345. The Morgan fingerprint density at radius 1 is 0.829 bits per heavy atom. The third kappa shape index (κ3) is 5.84. The first-order chi connectivity index (χ1) is 16.4. The van der Waals surface area contributed by atoms with Crippen molar-refractivity contribution in [1.82, 2.24) is 9.96 Å². The molecule has 2 aromatic carbocycles. The van der Waals surface area contributed by atoms with Gasteiger partial charge in [-0.1, -0.05) is 35.9 Å². The molecule has 0 aromatic heterocycles. The Labute approximate surface area is 205 Å². The highest BCUT2D eigenvalue weighted by atomic mass is 19.1. The Hall–Kier alpha value is -2.93. The smallest absolute Gasteiger partial charge is 0.187 e. The number of piperidine rings is 1. The molecule has 0 N–H and O–H groups in total. The van der Waals surface area contributed by atoms with Crippen LogP contribution < -0.4 is 0 Å². The molecule has 2 aliphatic rings. The number of hydrogen-bond acceptors (Lipinski definition) is 3. The van der Waals surface area contributed by atoms with Crippen molar-refractivity contribution in [3.63, 3.8) is 0 Å². The number of nitrogens with zero attached hydrogens (tertiary/aromatic N) is 2. The molecule has 1 saturated heterocycles. The van der Waals surface area contributed by atoms with E-state index in [4.69, 9.17) is 0 Å². The van der Waals surface area contributed by atoms with E-state index in [0.29, 0.717) is 37.2 Å². The number of carbonyl (C=O) groups excluding carboxylic acids is 1. The Balaban J connectivity index is 1.67. The largest absolute Gasteiger partial charge is 0.291 e. The molecule has 0 spiro atoms. The molecule has 1 fully saturated rings. The van der Waals surface area contributed by atoms with E-state index in [1.54, 1.807) is 36.4 Å². The summed E-state index contributed by atoms with van der Waals surface area (Å²) in [6.45, 7) is 9.24. The molecule has 2 aliphatic heterocycles. The van der Waals surface area contributed by atoms with Crippen LogP contribution in [0.4, 0.5) is 8.78 Å². The number of hydroxylamine groups is 2. The average molecular weight is 478 g/mol. The maximum absolute atomic E-state index is 13.4. The lowest BCUT2D eigenvalue weighted by molar-refractivity contribution is -0.263. The van der Waals surface area contributed by atoms with Gasteiger partial charge >= 0.3 is 0 Å². The first-order valence-electron chi connectivity index (χ1n) is 11.8. The first-order valence-corrected chi connectivity index (χ1v) is 11.8. The van der Waals surface area contributed by atoms with Crippen LogP contribution in [0.15, 0.2) is 71.3 Å². The molecule has 4 nitrogen and oxygen atoms in total. The minimum Gasteiger partial charge on any atom is -0.291 e. The van der Waals surface area contributed by atoms with Gasteiger partial charge in [-0.25, -0.2) is 8.78 Å². The summed E-state index contributed by atoms with van der Waals surface area (Å²) in [7, 11) is 0. The lowest BCUT2D eigenvalue weighted by Gasteiger charge is -2.46. The fourth-order valence-electron chi connectivity index (χ4n) is 5.15. The maximum atomic E-state index is 13.4. The van der Waals surface area contributed by atoms with Crippen molar-refractivity contribution < 1.29 is 18.8 Å². The minimum absolute atomic E-state index is 0.0704. The Bertz CT molecular complexity index is 1120. The number of Topliss-reactive ketones (excluding diaryl/α,β-unsaturated/α-hetero) is 1. The van der Waals surface area contributed by atoms with Crippen molar-refractivity contribution in [1.29, 1.82) is 0 Å². The van der Waals surface area contributed by atoms with E-state index in [-0.39, 0.29) is 17.4 Å². The molecule has 0 aliphatic carbocycles. The van der Waals surface area contributed by atoms with Crippen LogP contribution in [-0.2, 0) is 10.0 Å². The van der Waals surface area contributed by atoms with Crippen molar-refractivity contribution in [3.8, 4) is 0 Å². The third-order valence-electron chi connectivity index (χ3n) is 6.51. The van der Waals surface area contributed by atoms with Crippen molar-refractivity contribution in [2.45, 2.75) is 45.2 Å². The average Bonchev–Trinajstić information content (AvgIpc) is 2.78. The number of likely N-dealkylation sites (tertiary alicyclic amines) is 1. The predicted octanol–water partition coefficient (Wildman–Crippen LogP) is 5.85. The number of rotatable bonds is 4. The van der Waals surface area contributed by atoms with E-state index in [1.807, 2.05) is 33.8 Å². The van der Waals surface area contributed by atoms with Gasteiger partial charge in [-0.3, -0.25) is 9.69 Å². The van der Waals surface area contributed by atoms with Gasteiger partial charge in [0.25, 0.3) is 0 Å². The van der Waals surface area contributed by atoms with Crippen LogP contribution in [0.2, 0.25) is 0 Å². The summed E-state index contributed by atoms with van der Waals surface area (Å²) in [4.78, 5) is 15.6. The summed E-state index contributed by atoms with van der Waals surface area (Å²) < 4.78 is 26.8. The molecular weight excluding hydrogens is 446 g/mol. The van der Waals surface area contributed by atoms with E-state index in [1.165, 1.54) is 24.3 Å². The summed E-state index contributed by atoms with van der Waals surface area (Å²) in [5.41, 5.74) is 2.72. The van der Waals surface area contributed by atoms with Gasteiger partial charge in [0.1, 0.15) is 11.6 Å². The molecular formula is C29H31F2N2O2. The van der Waals surface area contributed by atoms with Crippen LogP contribution in [0.5, 0.6) is 0 Å². The molecule has 0 saturated carbocycles. The van der Waals surface area contributed by atoms with Gasteiger partial charge in [0.2, 0.25) is 0 Å². The minimum atomic E-state index is -0.623. The second kappa shape index (κ2) is 9.61. The molecule has 0 bridgehead atoms. The summed E-state index contributed by atoms with van der Waals surface area (Å²) in [5.74, 6) is -0.732. The van der Waals surface area contributed by atoms with Crippen molar-refractivity contribution in [3.05, 3.63) is 94.1 Å². The predicted molar refractivity (Wildman–Crippen MR) is 134 cm³/mol. The van der Waals surface area contributed by atoms with E-state index in [0.717, 1.165) is 21.8 Å². The lowest BCUT2D eigenvalue weighted by Crippen LogP contribution is -2.55. The molecule has 183 valence electrons. The molecule has 2 aromatic rings. The van der Waals surface area contributed by atoms with E-state index >= 15 is 0 Å². The van der Waals surface area contributed by atoms with Crippen molar-refractivity contribution in [2.24, 2.45) is 0 Å². The quantitative estimate of drug-likeness (QED) is 0.410. The molecule has 0 unspecified atom stereocenters. The highest BCUT2D eigenvalue weighted by molar-refractivity contribution is 6.14.